The number of hydrogen-bond donors (Lipinski definition) is 2. The van der Waals surface area contributed by atoms with Gasteiger partial charge in [0, 0.05) is 35.7 Å². The maximum absolute atomic E-state index is 13.5. The van der Waals surface area contributed by atoms with Crippen molar-refractivity contribution in [1.29, 1.82) is 0 Å². The van der Waals surface area contributed by atoms with Crippen molar-refractivity contribution in [2.75, 3.05) is 5.32 Å². The number of carbonyl (C=O) groups excluding carboxylic acids is 1. The van der Waals surface area contributed by atoms with Crippen molar-refractivity contribution in [2.45, 2.75) is 19.5 Å². The molecule has 0 aliphatic heterocycles. The summed E-state index contributed by atoms with van der Waals surface area (Å²) in [5.74, 6) is -2.85. The standard InChI is InChI=1S/C22H17F2N3O4/c1-22(23,24)13-3-2-4-14(7-13)27-21(29)18-11-30-19-9-16(5-6-17(18)19)31-20-8-15(10-28)25-12-26-20/h2-9,11-12,28H,10H2,1H3,(H,27,29). The molecule has 2 aromatic heterocycles. The Morgan fingerprint density at radius 1 is 1.19 bits per heavy atom. The van der Waals surface area contributed by atoms with Crippen LogP contribution in [0, 0.1) is 0 Å². The highest BCUT2D eigenvalue weighted by molar-refractivity contribution is 6.12. The van der Waals surface area contributed by atoms with Crippen LogP contribution in [0.4, 0.5) is 14.5 Å². The summed E-state index contributed by atoms with van der Waals surface area (Å²) >= 11 is 0. The molecule has 1 amide bonds. The van der Waals surface area contributed by atoms with E-state index in [4.69, 9.17) is 14.3 Å². The molecule has 158 valence electrons. The fourth-order valence-electron chi connectivity index (χ4n) is 2.96. The SMILES string of the molecule is CC(F)(F)c1cccc(NC(=O)c2coc3cc(Oc4cc(CO)ncn4)ccc23)c1. The van der Waals surface area contributed by atoms with E-state index < -0.39 is 11.8 Å². The fourth-order valence-corrected chi connectivity index (χ4v) is 2.96. The molecule has 9 heteroatoms. The number of amides is 1. The highest BCUT2D eigenvalue weighted by Crippen LogP contribution is 2.30. The third-order valence-corrected chi connectivity index (χ3v) is 4.50. The van der Waals surface area contributed by atoms with Crippen LogP contribution in [0.1, 0.15) is 28.5 Å². The number of furan rings is 1. The van der Waals surface area contributed by atoms with Gasteiger partial charge in [0.1, 0.15) is 23.9 Å². The Morgan fingerprint density at radius 3 is 2.81 bits per heavy atom. The summed E-state index contributed by atoms with van der Waals surface area (Å²) in [6.45, 7) is 0.552. The van der Waals surface area contributed by atoms with Crippen LogP contribution in [0.15, 0.2) is 65.5 Å². The van der Waals surface area contributed by atoms with Gasteiger partial charge in [-0.3, -0.25) is 4.79 Å². The highest BCUT2D eigenvalue weighted by atomic mass is 19.3. The molecule has 0 bridgehead atoms. The Kier molecular flexibility index (Phi) is 5.35. The fraction of sp³-hybridized carbons (Fsp3) is 0.136. The topological polar surface area (TPSA) is 97.5 Å². The van der Waals surface area contributed by atoms with Gasteiger partial charge in [-0.05, 0) is 24.3 Å². The number of aliphatic hydroxyl groups excluding tert-OH is 1. The van der Waals surface area contributed by atoms with Gasteiger partial charge >= 0.3 is 0 Å². The number of fused-ring (bicyclic) bond motifs is 1. The molecule has 0 aliphatic rings. The van der Waals surface area contributed by atoms with Gasteiger partial charge < -0.3 is 19.6 Å². The molecule has 2 N–H and O–H groups in total. The number of nitrogens with zero attached hydrogens (tertiary/aromatic N) is 2. The Bertz CT molecular complexity index is 1250. The van der Waals surface area contributed by atoms with Crippen LogP contribution in [0.3, 0.4) is 0 Å². The number of ether oxygens (including phenoxy) is 1. The maximum atomic E-state index is 13.5. The number of aromatic nitrogens is 2. The minimum Gasteiger partial charge on any atom is -0.463 e. The smallest absolute Gasteiger partial charge is 0.270 e. The van der Waals surface area contributed by atoms with E-state index in [0.717, 1.165) is 6.92 Å². The summed E-state index contributed by atoms with van der Waals surface area (Å²) in [6.07, 6.45) is 2.56. The molecule has 0 spiro atoms. The van der Waals surface area contributed by atoms with Crippen LogP contribution in [0.2, 0.25) is 0 Å². The molecule has 2 heterocycles. The third-order valence-electron chi connectivity index (χ3n) is 4.50. The van der Waals surface area contributed by atoms with E-state index in [1.807, 2.05) is 0 Å². The largest absolute Gasteiger partial charge is 0.463 e. The van der Waals surface area contributed by atoms with Crippen molar-refractivity contribution in [1.82, 2.24) is 9.97 Å². The Hall–Kier alpha value is -3.85. The van der Waals surface area contributed by atoms with Crippen LogP contribution in [-0.4, -0.2) is 21.0 Å². The Labute approximate surface area is 175 Å². The highest BCUT2D eigenvalue weighted by Gasteiger charge is 2.24. The summed E-state index contributed by atoms with van der Waals surface area (Å²) in [7, 11) is 0. The number of carbonyl (C=O) groups is 1. The summed E-state index contributed by atoms with van der Waals surface area (Å²) in [6, 6.07) is 11.9. The molecule has 0 atom stereocenters. The molecule has 4 rings (SSSR count). The summed E-state index contributed by atoms with van der Waals surface area (Å²) in [4.78, 5) is 20.5. The lowest BCUT2D eigenvalue weighted by Crippen LogP contribution is -2.13. The van der Waals surface area contributed by atoms with Crippen molar-refractivity contribution in [3.8, 4) is 11.6 Å². The zero-order chi connectivity index (χ0) is 22.0. The molecular weight excluding hydrogens is 408 g/mol. The summed E-state index contributed by atoms with van der Waals surface area (Å²) < 4.78 is 38.2. The quantitative estimate of drug-likeness (QED) is 0.457. The number of alkyl halides is 2. The van der Waals surface area contributed by atoms with Crippen molar-refractivity contribution in [2.24, 2.45) is 0 Å². The minimum absolute atomic E-state index is 0.196. The molecule has 4 aromatic rings. The monoisotopic (exact) mass is 425 g/mol. The van der Waals surface area contributed by atoms with Gasteiger partial charge in [0.2, 0.25) is 5.88 Å². The van der Waals surface area contributed by atoms with E-state index in [1.54, 1.807) is 18.2 Å². The summed E-state index contributed by atoms with van der Waals surface area (Å²) in [5, 5.41) is 12.3. The first kappa shape index (κ1) is 20.4. The van der Waals surface area contributed by atoms with Crippen LogP contribution in [-0.2, 0) is 12.5 Å². The van der Waals surface area contributed by atoms with Crippen LogP contribution in [0.25, 0.3) is 11.0 Å². The first-order valence-electron chi connectivity index (χ1n) is 9.24. The van der Waals surface area contributed by atoms with Crippen molar-refractivity contribution in [3.63, 3.8) is 0 Å². The molecule has 0 fully saturated rings. The number of nitrogens with one attached hydrogen (secondary N) is 1. The van der Waals surface area contributed by atoms with Gasteiger partial charge in [0.25, 0.3) is 11.8 Å². The molecule has 31 heavy (non-hydrogen) atoms. The van der Waals surface area contributed by atoms with Crippen molar-refractivity contribution >= 4 is 22.6 Å². The van der Waals surface area contributed by atoms with Gasteiger partial charge in [-0.15, -0.1) is 0 Å². The molecule has 0 radical (unpaired) electrons. The average Bonchev–Trinajstić information content (AvgIpc) is 3.17. The molecule has 0 aliphatic carbocycles. The predicted octanol–water partition coefficient (Wildman–Crippen LogP) is 4.87. The Balaban J connectivity index is 1.54. The lowest BCUT2D eigenvalue weighted by molar-refractivity contribution is 0.0175. The van der Waals surface area contributed by atoms with Crippen LogP contribution < -0.4 is 10.1 Å². The van der Waals surface area contributed by atoms with E-state index in [2.05, 4.69) is 15.3 Å². The second-order valence-corrected chi connectivity index (χ2v) is 6.84. The van der Waals surface area contributed by atoms with Crippen molar-refractivity contribution < 1.29 is 27.8 Å². The predicted molar refractivity (Wildman–Crippen MR) is 108 cm³/mol. The van der Waals surface area contributed by atoms with Crippen molar-refractivity contribution in [3.05, 3.63) is 77.9 Å². The van der Waals surface area contributed by atoms with Gasteiger partial charge in [0.05, 0.1) is 17.9 Å². The molecule has 0 saturated carbocycles. The zero-order valence-corrected chi connectivity index (χ0v) is 16.3. The molecular formula is C22H17F2N3O4. The van der Waals surface area contributed by atoms with Crippen LogP contribution in [0.5, 0.6) is 11.6 Å². The molecule has 7 nitrogen and oxygen atoms in total. The Morgan fingerprint density at radius 2 is 2.03 bits per heavy atom. The lowest BCUT2D eigenvalue weighted by atomic mass is 10.1. The van der Waals surface area contributed by atoms with E-state index in [9.17, 15) is 13.6 Å². The number of aliphatic hydroxyl groups is 1. The van der Waals surface area contributed by atoms with Gasteiger partial charge in [-0.25, -0.2) is 18.7 Å². The number of hydrogen-bond acceptors (Lipinski definition) is 6. The maximum Gasteiger partial charge on any atom is 0.270 e. The second kappa shape index (κ2) is 8.11. The van der Waals surface area contributed by atoms with Crippen LogP contribution >= 0.6 is 0 Å². The number of rotatable bonds is 6. The number of benzene rings is 2. The molecule has 0 saturated heterocycles. The third kappa shape index (κ3) is 4.51. The number of anilines is 1. The zero-order valence-electron chi connectivity index (χ0n) is 16.3. The van der Waals surface area contributed by atoms with E-state index in [1.165, 1.54) is 42.9 Å². The average molecular weight is 425 g/mol. The first-order valence-corrected chi connectivity index (χ1v) is 9.24. The summed E-state index contributed by atoms with van der Waals surface area (Å²) in [5.41, 5.74) is 1.11. The van der Waals surface area contributed by atoms with Gasteiger partial charge in [-0.2, -0.15) is 0 Å². The first-order chi connectivity index (χ1) is 14.8. The molecule has 0 unspecified atom stereocenters. The number of halogens is 2. The van der Waals surface area contributed by atoms with E-state index >= 15 is 0 Å². The van der Waals surface area contributed by atoms with E-state index in [0.29, 0.717) is 22.4 Å². The molecule has 2 aromatic carbocycles. The van der Waals surface area contributed by atoms with E-state index in [-0.39, 0.29) is 29.3 Å². The normalized spacial score (nSPS) is 11.5. The van der Waals surface area contributed by atoms with Gasteiger partial charge in [-0.1, -0.05) is 12.1 Å². The second-order valence-electron chi connectivity index (χ2n) is 6.84. The van der Waals surface area contributed by atoms with Gasteiger partial charge in [0.15, 0.2) is 0 Å². The minimum atomic E-state index is -3.01. The lowest BCUT2D eigenvalue weighted by Gasteiger charge is -2.12.